The summed E-state index contributed by atoms with van der Waals surface area (Å²) in [6, 6.07) is 14.7. The Morgan fingerprint density at radius 3 is 2.79 bits per heavy atom. The molecule has 2 aromatic rings. The summed E-state index contributed by atoms with van der Waals surface area (Å²) >= 11 is 0. The van der Waals surface area contributed by atoms with Gasteiger partial charge in [0.05, 0.1) is 6.04 Å². The van der Waals surface area contributed by atoms with Crippen molar-refractivity contribution in [2.45, 2.75) is 18.9 Å². The number of hydrogen-bond donors (Lipinski definition) is 1. The van der Waals surface area contributed by atoms with Gasteiger partial charge in [0.15, 0.2) is 0 Å². The van der Waals surface area contributed by atoms with Crippen molar-refractivity contribution >= 4 is 17.4 Å². The second-order valence-electron chi connectivity index (χ2n) is 6.42. The lowest BCUT2D eigenvalue weighted by molar-refractivity contribution is 0.160. The van der Waals surface area contributed by atoms with Crippen molar-refractivity contribution in [1.82, 2.24) is 4.90 Å². The number of amides is 2. The van der Waals surface area contributed by atoms with Crippen LogP contribution in [0.1, 0.15) is 12.0 Å². The molecular weight excluding hydrogens is 305 g/mol. The predicted molar refractivity (Wildman–Crippen MR) is 92.9 cm³/mol. The topological polar surface area (TPSA) is 35.6 Å². The first kappa shape index (κ1) is 15.0. The van der Waals surface area contributed by atoms with Gasteiger partial charge in [-0.3, -0.25) is 0 Å². The third-order valence-electron chi connectivity index (χ3n) is 4.81. The summed E-state index contributed by atoms with van der Waals surface area (Å²) in [5.41, 5.74) is 3.19. The maximum atomic E-state index is 13.2. The summed E-state index contributed by atoms with van der Waals surface area (Å²) in [5, 5.41) is 2.76. The fourth-order valence-electron chi connectivity index (χ4n) is 3.53. The molecule has 4 rings (SSSR count). The van der Waals surface area contributed by atoms with Gasteiger partial charge in [0, 0.05) is 31.0 Å². The first-order chi connectivity index (χ1) is 11.7. The van der Waals surface area contributed by atoms with E-state index in [1.54, 1.807) is 17.0 Å². The lowest BCUT2D eigenvalue weighted by atomic mass is 9.97. The van der Waals surface area contributed by atoms with Crippen LogP contribution in [0.4, 0.5) is 20.6 Å². The number of carbonyl (C=O) groups is 1. The van der Waals surface area contributed by atoms with Crippen molar-refractivity contribution < 1.29 is 9.18 Å². The molecule has 2 aliphatic heterocycles. The van der Waals surface area contributed by atoms with E-state index in [0.717, 1.165) is 19.4 Å². The third-order valence-corrected chi connectivity index (χ3v) is 4.81. The zero-order valence-electron chi connectivity index (χ0n) is 13.4. The van der Waals surface area contributed by atoms with E-state index in [9.17, 15) is 9.18 Å². The molecular formula is C19H20FN3O. The van der Waals surface area contributed by atoms with Crippen LogP contribution in [0.2, 0.25) is 0 Å². The van der Waals surface area contributed by atoms with Gasteiger partial charge in [-0.15, -0.1) is 0 Å². The predicted octanol–water partition coefficient (Wildman–Crippen LogP) is 3.49. The number of anilines is 2. The zero-order chi connectivity index (χ0) is 16.5. The molecule has 1 fully saturated rings. The van der Waals surface area contributed by atoms with Crippen LogP contribution in [0.3, 0.4) is 0 Å². The number of aryl methyl sites for hydroxylation is 1. The molecule has 0 aromatic heterocycles. The number of benzene rings is 2. The van der Waals surface area contributed by atoms with Crippen LogP contribution < -0.4 is 10.2 Å². The summed E-state index contributed by atoms with van der Waals surface area (Å²) in [4.78, 5) is 16.4. The SMILES string of the molecule is O=C(Nc1cccc(F)c1)N1CC(N2CCCc3ccccc32)C1. The van der Waals surface area contributed by atoms with Gasteiger partial charge in [-0.05, 0) is 42.7 Å². The Morgan fingerprint density at radius 2 is 1.96 bits per heavy atom. The van der Waals surface area contributed by atoms with Crippen molar-refractivity contribution in [1.29, 1.82) is 0 Å². The van der Waals surface area contributed by atoms with Gasteiger partial charge in [-0.2, -0.15) is 0 Å². The van der Waals surface area contributed by atoms with Gasteiger partial charge in [-0.1, -0.05) is 24.3 Å². The van der Waals surface area contributed by atoms with Gasteiger partial charge >= 0.3 is 6.03 Å². The molecule has 0 saturated carbocycles. The van der Waals surface area contributed by atoms with Gasteiger partial charge in [0.25, 0.3) is 0 Å². The fourth-order valence-corrected chi connectivity index (χ4v) is 3.53. The lowest BCUT2D eigenvalue weighted by Gasteiger charge is -2.48. The molecule has 2 aliphatic rings. The molecule has 0 unspecified atom stereocenters. The molecule has 1 saturated heterocycles. The molecule has 2 aromatic carbocycles. The van der Waals surface area contributed by atoms with Crippen LogP contribution in [0.25, 0.3) is 0 Å². The van der Waals surface area contributed by atoms with Crippen molar-refractivity contribution in [3.05, 3.63) is 59.9 Å². The zero-order valence-corrected chi connectivity index (χ0v) is 13.4. The second kappa shape index (κ2) is 6.15. The summed E-state index contributed by atoms with van der Waals surface area (Å²) < 4.78 is 13.2. The van der Waals surface area contributed by atoms with E-state index < -0.39 is 0 Å². The quantitative estimate of drug-likeness (QED) is 0.917. The number of nitrogens with zero attached hydrogens (tertiary/aromatic N) is 2. The van der Waals surface area contributed by atoms with Crippen LogP contribution in [-0.4, -0.2) is 36.6 Å². The van der Waals surface area contributed by atoms with Crippen molar-refractivity contribution in [2.75, 3.05) is 29.9 Å². The largest absolute Gasteiger partial charge is 0.365 e. The van der Waals surface area contributed by atoms with Crippen LogP contribution >= 0.6 is 0 Å². The second-order valence-corrected chi connectivity index (χ2v) is 6.42. The number of carbonyl (C=O) groups excluding carboxylic acids is 1. The van der Waals surface area contributed by atoms with E-state index in [4.69, 9.17) is 0 Å². The maximum absolute atomic E-state index is 13.2. The molecule has 0 spiro atoms. The Bertz CT molecular complexity index is 758. The highest BCUT2D eigenvalue weighted by Crippen LogP contribution is 2.31. The standard InChI is InChI=1S/C19H20FN3O/c20-15-7-3-8-16(11-15)21-19(24)22-12-17(13-22)23-10-4-6-14-5-1-2-9-18(14)23/h1-3,5,7-9,11,17H,4,6,10,12-13H2,(H,21,24). The van der Waals surface area contributed by atoms with Crippen molar-refractivity contribution in [2.24, 2.45) is 0 Å². The highest BCUT2D eigenvalue weighted by Gasteiger charge is 2.36. The third kappa shape index (κ3) is 2.82. The Morgan fingerprint density at radius 1 is 1.12 bits per heavy atom. The smallest absolute Gasteiger partial charge is 0.321 e. The molecule has 24 heavy (non-hydrogen) atoms. The number of hydrogen-bond acceptors (Lipinski definition) is 2. The van der Waals surface area contributed by atoms with Crippen LogP contribution in [-0.2, 0) is 6.42 Å². The Kier molecular flexibility index (Phi) is 3.84. The van der Waals surface area contributed by atoms with Gasteiger partial charge < -0.3 is 15.1 Å². The van der Waals surface area contributed by atoms with Crippen LogP contribution in [0.5, 0.6) is 0 Å². The first-order valence-corrected chi connectivity index (χ1v) is 8.37. The highest BCUT2D eigenvalue weighted by molar-refractivity contribution is 5.90. The Balaban J connectivity index is 1.38. The number of nitrogens with one attached hydrogen (secondary N) is 1. The molecule has 124 valence electrons. The van der Waals surface area contributed by atoms with E-state index in [0.29, 0.717) is 24.8 Å². The number of urea groups is 1. The summed E-state index contributed by atoms with van der Waals surface area (Å²) in [6.07, 6.45) is 2.28. The van der Waals surface area contributed by atoms with Gasteiger partial charge in [0.1, 0.15) is 5.82 Å². The maximum Gasteiger partial charge on any atom is 0.321 e. The number of likely N-dealkylation sites (tertiary alicyclic amines) is 1. The molecule has 0 aliphatic carbocycles. The fraction of sp³-hybridized carbons (Fsp3) is 0.316. The molecule has 5 heteroatoms. The van der Waals surface area contributed by atoms with Crippen LogP contribution in [0.15, 0.2) is 48.5 Å². The van der Waals surface area contributed by atoms with E-state index in [1.165, 1.54) is 23.4 Å². The molecule has 4 nitrogen and oxygen atoms in total. The first-order valence-electron chi connectivity index (χ1n) is 8.37. The van der Waals surface area contributed by atoms with E-state index >= 15 is 0 Å². The molecule has 0 atom stereocenters. The van der Waals surface area contributed by atoms with Crippen molar-refractivity contribution in [3.8, 4) is 0 Å². The van der Waals surface area contributed by atoms with Gasteiger partial charge in [0.2, 0.25) is 0 Å². The normalized spacial score (nSPS) is 17.2. The van der Waals surface area contributed by atoms with Gasteiger partial charge in [-0.25, -0.2) is 9.18 Å². The Labute approximate surface area is 140 Å². The summed E-state index contributed by atoms with van der Waals surface area (Å²) in [7, 11) is 0. The molecule has 2 heterocycles. The molecule has 1 N–H and O–H groups in total. The summed E-state index contributed by atoms with van der Waals surface area (Å²) in [5.74, 6) is -0.348. The number of halogens is 1. The van der Waals surface area contributed by atoms with E-state index in [2.05, 4.69) is 34.5 Å². The minimum Gasteiger partial charge on any atom is -0.365 e. The van der Waals surface area contributed by atoms with Crippen LogP contribution in [0, 0.1) is 5.82 Å². The summed E-state index contributed by atoms with van der Waals surface area (Å²) in [6.45, 7) is 2.45. The molecule has 2 amide bonds. The minimum absolute atomic E-state index is 0.165. The number of rotatable bonds is 2. The number of fused-ring (bicyclic) bond motifs is 1. The minimum atomic E-state index is -0.348. The highest BCUT2D eigenvalue weighted by atomic mass is 19.1. The average Bonchev–Trinajstić information content (AvgIpc) is 2.54. The number of para-hydroxylation sites is 1. The van der Waals surface area contributed by atoms with Crippen molar-refractivity contribution in [3.63, 3.8) is 0 Å². The monoisotopic (exact) mass is 325 g/mol. The van der Waals surface area contributed by atoms with E-state index in [-0.39, 0.29) is 11.8 Å². The average molecular weight is 325 g/mol. The van der Waals surface area contributed by atoms with E-state index in [1.807, 2.05) is 0 Å². The molecule has 0 radical (unpaired) electrons. The lowest BCUT2D eigenvalue weighted by Crippen LogP contribution is -2.62. The Hall–Kier alpha value is -2.56. The molecule has 0 bridgehead atoms.